The first kappa shape index (κ1) is 10.7. The van der Waals surface area contributed by atoms with Gasteiger partial charge in [-0.15, -0.1) is 0 Å². The van der Waals surface area contributed by atoms with Gasteiger partial charge in [-0.05, 0) is 19.3 Å². The van der Waals surface area contributed by atoms with Crippen LogP contribution in [0.4, 0.5) is 15.8 Å². The smallest absolute Gasteiger partial charge is 0.167 e. The van der Waals surface area contributed by atoms with Crippen LogP contribution in [0.1, 0.15) is 19.3 Å². The van der Waals surface area contributed by atoms with Gasteiger partial charge in [-0.3, -0.25) is 0 Å². The number of hydrogen-bond donors (Lipinski definition) is 1. The molecule has 0 aromatic heterocycles. The van der Waals surface area contributed by atoms with Gasteiger partial charge in [0.25, 0.3) is 0 Å². The summed E-state index contributed by atoms with van der Waals surface area (Å²) in [6, 6.07) is 3.90. The fourth-order valence-corrected chi connectivity index (χ4v) is 2.84. The maximum atomic E-state index is 13.6. The highest BCUT2D eigenvalue weighted by molar-refractivity contribution is 5.75. The average Bonchev–Trinajstić information content (AvgIpc) is 2.37. The molecule has 1 aromatic carbocycles. The van der Waals surface area contributed by atoms with Crippen molar-refractivity contribution < 1.29 is 9.13 Å². The lowest BCUT2D eigenvalue weighted by atomic mass is 9.98. The minimum Gasteiger partial charge on any atom is -0.494 e. The molecular formula is C13H17FN2O. The van der Waals surface area contributed by atoms with E-state index < -0.39 is 0 Å². The van der Waals surface area contributed by atoms with Crippen LogP contribution < -0.4 is 15.0 Å². The first-order valence-corrected chi connectivity index (χ1v) is 6.17. The van der Waals surface area contributed by atoms with E-state index >= 15 is 0 Å². The zero-order chi connectivity index (χ0) is 11.8. The molecule has 1 atom stereocenters. The Morgan fingerprint density at radius 1 is 1.41 bits per heavy atom. The van der Waals surface area contributed by atoms with Crippen molar-refractivity contribution in [3.63, 3.8) is 0 Å². The molecule has 92 valence electrons. The summed E-state index contributed by atoms with van der Waals surface area (Å²) in [6.45, 7) is 1.98. The third kappa shape index (κ3) is 1.72. The van der Waals surface area contributed by atoms with Gasteiger partial charge in [-0.2, -0.15) is 0 Å². The summed E-state index contributed by atoms with van der Waals surface area (Å²) in [6.07, 6.45) is 3.72. The number of halogens is 1. The van der Waals surface area contributed by atoms with Gasteiger partial charge in [0.2, 0.25) is 0 Å². The zero-order valence-corrected chi connectivity index (χ0v) is 10.0. The first-order valence-electron chi connectivity index (χ1n) is 6.17. The van der Waals surface area contributed by atoms with Crippen molar-refractivity contribution in [3.05, 3.63) is 17.9 Å². The van der Waals surface area contributed by atoms with Crippen LogP contribution in [-0.4, -0.2) is 26.2 Å². The molecule has 4 heteroatoms. The van der Waals surface area contributed by atoms with Crippen LogP contribution in [0.5, 0.6) is 5.75 Å². The Hall–Kier alpha value is -1.45. The molecule has 2 heterocycles. The van der Waals surface area contributed by atoms with Crippen LogP contribution in [-0.2, 0) is 0 Å². The normalized spacial score (nSPS) is 22.5. The van der Waals surface area contributed by atoms with Gasteiger partial charge in [0.15, 0.2) is 11.6 Å². The molecule has 2 aliphatic heterocycles. The van der Waals surface area contributed by atoms with Crippen molar-refractivity contribution in [2.45, 2.75) is 25.3 Å². The van der Waals surface area contributed by atoms with Crippen molar-refractivity contribution in [2.24, 2.45) is 0 Å². The molecular weight excluding hydrogens is 219 g/mol. The van der Waals surface area contributed by atoms with Crippen LogP contribution in [0.15, 0.2) is 12.1 Å². The third-order valence-corrected chi connectivity index (χ3v) is 3.73. The number of anilines is 2. The molecule has 0 radical (unpaired) electrons. The molecule has 3 rings (SSSR count). The maximum Gasteiger partial charge on any atom is 0.167 e. The number of nitrogens with zero attached hydrogens (tertiary/aromatic N) is 1. The van der Waals surface area contributed by atoms with E-state index in [2.05, 4.69) is 10.2 Å². The van der Waals surface area contributed by atoms with Gasteiger partial charge in [-0.25, -0.2) is 4.39 Å². The van der Waals surface area contributed by atoms with Gasteiger partial charge >= 0.3 is 0 Å². The monoisotopic (exact) mass is 236 g/mol. The number of nitrogens with one attached hydrogen (secondary N) is 1. The van der Waals surface area contributed by atoms with Crippen LogP contribution >= 0.6 is 0 Å². The average molecular weight is 236 g/mol. The Labute approximate surface area is 101 Å². The summed E-state index contributed by atoms with van der Waals surface area (Å²) in [4.78, 5) is 2.39. The van der Waals surface area contributed by atoms with Crippen LogP contribution in [0, 0.1) is 5.82 Å². The van der Waals surface area contributed by atoms with Crippen molar-refractivity contribution in [2.75, 3.05) is 30.4 Å². The molecule has 1 fully saturated rings. The Morgan fingerprint density at radius 2 is 2.29 bits per heavy atom. The lowest BCUT2D eigenvalue weighted by molar-refractivity contribution is 0.385. The quantitative estimate of drug-likeness (QED) is 0.811. The molecule has 0 aliphatic carbocycles. The molecule has 3 nitrogen and oxygen atoms in total. The molecule has 0 saturated carbocycles. The van der Waals surface area contributed by atoms with Crippen molar-refractivity contribution in [1.82, 2.24) is 0 Å². The van der Waals surface area contributed by atoms with Crippen LogP contribution in [0.3, 0.4) is 0 Å². The SMILES string of the molecule is COc1cc2c(cc1F)NCC1CCCCN21. The van der Waals surface area contributed by atoms with Gasteiger partial charge in [0.1, 0.15) is 0 Å². The molecule has 0 amide bonds. The summed E-state index contributed by atoms with van der Waals surface area (Å²) in [7, 11) is 1.51. The molecule has 2 aliphatic rings. The van der Waals surface area contributed by atoms with Crippen molar-refractivity contribution >= 4 is 11.4 Å². The molecule has 0 spiro atoms. The topological polar surface area (TPSA) is 24.5 Å². The lowest BCUT2D eigenvalue weighted by Crippen LogP contribution is -2.47. The molecule has 1 unspecified atom stereocenters. The summed E-state index contributed by atoms with van der Waals surface area (Å²) < 4.78 is 18.7. The van der Waals surface area contributed by atoms with Gasteiger partial charge in [0.05, 0.1) is 18.5 Å². The molecule has 0 bridgehead atoms. The Kier molecular flexibility index (Phi) is 2.57. The summed E-state index contributed by atoms with van der Waals surface area (Å²) in [5, 5.41) is 3.32. The second kappa shape index (κ2) is 4.09. The van der Waals surface area contributed by atoms with E-state index in [-0.39, 0.29) is 5.82 Å². The fraction of sp³-hybridized carbons (Fsp3) is 0.538. The number of methoxy groups -OCH3 is 1. The number of fused-ring (bicyclic) bond motifs is 3. The predicted molar refractivity (Wildman–Crippen MR) is 66.4 cm³/mol. The summed E-state index contributed by atoms with van der Waals surface area (Å²) in [5.41, 5.74) is 1.97. The van der Waals surface area contributed by atoms with Crippen LogP contribution in [0.25, 0.3) is 0 Å². The number of hydrogen-bond acceptors (Lipinski definition) is 3. The standard InChI is InChI=1S/C13H17FN2O/c1-17-13-7-12-11(6-10(13)14)15-8-9-4-2-3-5-16(9)12/h6-7,9,15H,2-5,8H2,1H3. The van der Waals surface area contributed by atoms with Crippen molar-refractivity contribution in [1.29, 1.82) is 0 Å². The largest absolute Gasteiger partial charge is 0.494 e. The lowest BCUT2D eigenvalue weighted by Gasteiger charge is -2.42. The van der Waals surface area contributed by atoms with E-state index in [1.807, 2.05) is 6.07 Å². The molecule has 1 saturated heterocycles. The maximum absolute atomic E-state index is 13.6. The van der Waals surface area contributed by atoms with E-state index in [1.54, 1.807) is 6.07 Å². The second-order valence-corrected chi connectivity index (χ2v) is 4.73. The molecule has 1 aromatic rings. The van der Waals surface area contributed by atoms with Gasteiger partial charge in [-0.1, -0.05) is 0 Å². The third-order valence-electron chi connectivity index (χ3n) is 3.73. The van der Waals surface area contributed by atoms with Gasteiger partial charge in [0, 0.05) is 31.3 Å². The van der Waals surface area contributed by atoms with E-state index in [0.29, 0.717) is 11.8 Å². The highest BCUT2D eigenvalue weighted by atomic mass is 19.1. The molecule has 1 N–H and O–H groups in total. The Morgan fingerprint density at radius 3 is 3.12 bits per heavy atom. The predicted octanol–water partition coefficient (Wildman–Crippen LogP) is 2.62. The van der Waals surface area contributed by atoms with E-state index in [0.717, 1.165) is 24.5 Å². The minimum atomic E-state index is -0.297. The second-order valence-electron chi connectivity index (χ2n) is 4.73. The first-order chi connectivity index (χ1) is 8.29. The van der Waals surface area contributed by atoms with Crippen LogP contribution in [0.2, 0.25) is 0 Å². The number of benzene rings is 1. The number of piperidine rings is 1. The van der Waals surface area contributed by atoms with E-state index in [4.69, 9.17) is 4.74 Å². The van der Waals surface area contributed by atoms with Crippen molar-refractivity contribution in [3.8, 4) is 5.75 Å². The minimum absolute atomic E-state index is 0.297. The summed E-state index contributed by atoms with van der Waals surface area (Å²) in [5.74, 6) is 0.0333. The highest BCUT2D eigenvalue weighted by Crippen LogP contribution is 2.38. The fourth-order valence-electron chi connectivity index (χ4n) is 2.84. The number of rotatable bonds is 1. The Balaban J connectivity index is 2.02. The summed E-state index contributed by atoms with van der Waals surface area (Å²) >= 11 is 0. The van der Waals surface area contributed by atoms with E-state index in [9.17, 15) is 4.39 Å². The molecule has 17 heavy (non-hydrogen) atoms. The Bertz CT molecular complexity index is 436. The van der Waals surface area contributed by atoms with E-state index in [1.165, 1.54) is 26.4 Å². The zero-order valence-electron chi connectivity index (χ0n) is 10.0. The highest BCUT2D eigenvalue weighted by Gasteiger charge is 2.29. The van der Waals surface area contributed by atoms with Gasteiger partial charge < -0.3 is 15.0 Å². The number of ether oxygens (including phenoxy) is 1.